The smallest absolute Gasteiger partial charge is 0.407 e. The maximum atomic E-state index is 12.2. The van der Waals surface area contributed by atoms with E-state index in [4.69, 9.17) is 10.3 Å². The van der Waals surface area contributed by atoms with Crippen LogP contribution in [-0.4, -0.2) is 59.9 Å². The number of H-pyrrole nitrogens is 1. The highest BCUT2D eigenvalue weighted by Crippen LogP contribution is 2.35. The molecule has 3 aromatic rings. The number of aromatic nitrogens is 2. The van der Waals surface area contributed by atoms with Crippen molar-refractivity contribution in [2.45, 2.75) is 18.8 Å². The molecule has 0 aliphatic carbocycles. The standard InChI is InChI=1S/C21H23N5O5S/c22-20(27)17-10-14(13-2-1-3-15(8-13)23-11-32(30)31)9-16-18(24-25-19(16)17)12-4-6-26(7-5-12)21(28)29/h1-3,8-10,12,23H,4-7,11H2,(H2,22,27)(H,24,25)(H,28,29)(H,30,31). The van der Waals surface area contributed by atoms with Gasteiger partial charge in [0.15, 0.2) is 11.1 Å². The predicted octanol–water partition coefficient (Wildman–Crippen LogP) is 2.78. The highest BCUT2D eigenvalue weighted by Gasteiger charge is 2.27. The van der Waals surface area contributed by atoms with Gasteiger partial charge in [-0.05, 0) is 48.2 Å². The maximum absolute atomic E-state index is 12.2. The van der Waals surface area contributed by atoms with E-state index in [2.05, 4.69) is 15.5 Å². The highest BCUT2D eigenvalue weighted by atomic mass is 32.2. The number of rotatable bonds is 6. The lowest BCUT2D eigenvalue weighted by Gasteiger charge is -2.29. The van der Waals surface area contributed by atoms with E-state index < -0.39 is 23.1 Å². The van der Waals surface area contributed by atoms with Gasteiger partial charge in [-0.2, -0.15) is 5.10 Å². The largest absolute Gasteiger partial charge is 0.465 e. The number of hydrogen-bond donors (Lipinski definition) is 5. The summed E-state index contributed by atoms with van der Waals surface area (Å²) in [6, 6.07) is 10.9. The zero-order valence-electron chi connectivity index (χ0n) is 17.1. The minimum Gasteiger partial charge on any atom is -0.465 e. The van der Waals surface area contributed by atoms with E-state index in [0.29, 0.717) is 37.1 Å². The zero-order valence-corrected chi connectivity index (χ0v) is 17.9. The number of carbonyl (C=O) groups excluding carboxylic acids is 1. The molecule has 6 N–H and O–H groups in total. The van der Waals surface area contributed by atoms with Gasteiger partial charge in [-0.3, -0.25) is 9.89 Å². The average molecular weight is 458 g/mol. The van der Waals surface area contributed by atoms with E-state index in [1.807, 2.05) is 24.3 Å². The molecule has 4 rings (SSSR count). The number of nitrogens with one attached hydrogen (secondary N) is 2. The maximum Gasteiger partial charge on any atom is 0.407 e. The van der Waals surface area contributed by atoms with Crippen LogP contribution in [0.2, 0.25) is 0 Å². The van der Waals surface area contributed by atoms with Crippen LogP contribution in [0, 0.1) is 0 Å². The molecule has 1 fully saturated rings. The Balaban J connectivity index is 1.73. The molecule has 168 valence electrons. The monoisotopic (exact) mass is 457 g/mol. The topological polar surface area (TPSA) is 162 Å². The molecule has 1 aliphatic rings. The van der Waals surface area contributed by atoms with Gasteiger partial charge in [0.2, 0.25) is 0 Å². The van der Waals surface area contributed by atoms with Crippen molar-refractivity contribution in [3.05, 3.63) is 47.7 Å². The third-order valence-electron chi connectivity index (χ3n) is 5.72. The lowest BCUT2D eigenvalue weighted by Crippen LogP contribution is -2.36. The van der Waals surface area contributed by atoms with Crippen molar-refractivity contribution in [2.24, 2.45) is 5.73 Å². The number of hydrogen-bond acceptors (Lipinski definition) is 5. The van der Waals surface area contributed by atoms with Gasteiger partial charge in [0.1, 0.15) is 11.4 Å². The van der Waals surface area contributed by atoms with Gasteiger partial charge >= 0.3 is 6.09 Å². The first-order valence-electron chi connectivity index (χ1n) is 10.0. The van der Waals surface area contributed by atoms with Crippen LogP contribution in [0.15, 0.2) is 36.4 Å². The number of piperidine rings is 1. The normalized spacial score (nSPS) is 15.6. The number of carboxylic acid groups (broad SMARTS) is 1. The van der Waals surface area contributed by atoms with Gasteiger partial charge in [-0.15, -0.1) is 0 Å². The van der Waals surface area contributed by atoms with Crippen LogP contribution in [-0.2, 0) is 11.1 Å². The molecule has 2 aromatic carbocycles. The van der Waals surface area contributed by atoms with E-state index in [1.165, 1.54) is 4.90 Å². The first kappa shape index (κ1) is 21.8. The Morgan fingerprint density at radius 1 is 1.22 bits per heavy atom. The molecule has 0 radical (unpaired) electrons. The lowest BCUT2D eigenvalue weighted by atomic mass is 9.90. The number of carbonyl (C=O) groups is 2. The third-order valence-corrected chi connectivity index (χ3v) is 6.11. The van der Waals surface area contributed by atoms with Crippen molar-refractivity contribution in [2.75, 3.05) is 24.3 Å². The molecule has 1 unspecified atom stereocenters. The number of aromatic amines is 1. The lowest BCUT2D eigenvalue weighted by molar-refractivity contribution is 0.100. The van der Waals surface area contributed by atoms with Crippen molar-refractivity contribution in [1.82, 2.24) is 15.1 Å². The Bertz CT molecular complexity index is 1200. The van der Waals surface area contributed by atoms with Crippen molar-refractivity contribution in [1.29, 1.82) is 0 Å². The van der Waals surface area contributed by atoms with Crippen LogP contribution in [0.3, 0.4) is 0 Å². The molecule has 11 heteroatoms. The van der Waals surface area contributed by atoms with Gasteiger partial charge in [0.05, 0.1) is 5.56 Å². The molecule has 2 heterocycles. The molecule has 0 bridgehead atoms. The van der Waals surface area contributed by atoms with E-state index in [9.17, 15) is 18.9 Å². The minimum atomic E-state index is -1.98. The fourth-order valence-electron chi connectivity index (χ4n) is 4.12. The molecular weight excluding hydrogens is 434 g/mol. The number of fused-ring (bicyclic) bond motifs is 1. The summed E-state index contributed by atoms with van der Waals surface area (Å²) >= 11 is -1.98. The van der Waals surface area contributed by atoms with Crippen molar-refractivity contribution in [3.63, 3.8) is 0 Å². The number of anilines is 1. The molecule has 0 saturated carbocycles. The summed E-state index contributed by atoms with van der Waals surface area (Å²) in [6.45, 7) is 0.867. The molecule has 2 amide bonds. The van der Waals surface area contributed by atoms with Crippen LogP contribution < -0.4 is 11.1 Å². The predicted molar refractivity (Wildman–Crippen MR) is 121 cm³/mol. The van der Waals surface area contributed by atoms with Crippen LogP contribution in [0.5, 0.6) is 0 Å². The highest BCUT2D eigenvalue weighted by molar-refractivity contribution is 7.79. The van der Waals surface area contributed by atoms with E-state index in [1.54, 1.807) is 12.1 Å². The number of primary amides is 1. The molecule has 1 aliphatic heterocycles. The van der Waals surface area contributed by atoms with Crippen molar-refractivity contribution < 1.29 is 23.5 Å². The number of nitrogens with zero attached hydrogens (tertiary/aromatic N) is 2. The van der Waals surface area contributed by atoms with Crippen LogP contribution in [0.4, 0.5) is 10.5 Å². The van der Waals surface area contributed by atoms with E-state index in [-0.39, 0.29) is 17.4 Å². The molecule has 1 aromatic heterocycles. The second-order valence-corrected chi connectivity index (χ2v) is 8.62. The quantitative estimate of drug-likeness (QED) is 0.355. The second kappa shape index (κ2) is 8.97. The Morgan fingerprint density at radius 2 is 1.97 bits per heavy atom. The van der Waals surface area contributed by atoms with Crippen LogP contribution in [0.25, 0.3) is 22.0 Å². The van der Waals surface area contributed by atoms with Gasteiger partial charge in [0, 0.05) is 35.8 Å². The molecular formula is C21H23N5O5S. The molecule has 1 saturated heterocycles. The Labute approximate surface area is 186 Å². The second-order valence-electron chi connectivity index (χ2n) is 7.69. The summed E-state index contributed by atoms with van der Waals surface area (Å²) in [5.74, 6) is -0.615. The summed E-state index contributed by atoms with van der Waals surface area (Å²) in [6.07, 6.45) is 0.379. The van der Waals surface area contributed by atoms with Crippen molar-refractivity contribution >= 4 is 39.7 Å². The van der Waals surface area contributed by atoms with Gasteiger partial charge in [-0.1, -0.05) is 12.1 Å². The fourth-order valence-corrected chi connectivity index (χ4v) is 4.41. The molecule has 0 spiro atoms. The first-order chi connectivity index (χ1) is 15.3. The van der Waals surface area contributed by atoms with Crippen LogP contribution >= 0.6 is 0 Å². The molecule has 1 atom stereocenters. The zero-order chi connectivity index (χ0) is 22.8. The summed E-state index contributed by atoms with van der Waals surface area (Å²) < 4.78 is 20.0. The summed E-state index contributed by atoms with van der Waals surface area (Å²) in [4.78, 5) is 24.8. The van der Waals surface area contributed by atoms with Gasteiger partial charge in [-0.25, -0.2) is 9.00 Å². The fraction of sp³-hybridized carbons (Fsp3) is 0.286. The summed E-state index contributed by atoms with van der Waals surface area (Å²) in [5, 5.41) is 20.2. The third kappa shape index (κ3) is 4.43. The molecule has 10 nitrogen and oxygen atoms in total. The van der Waals surface area contributed by atoms with E-state index >= 15 is 0 Å². The number of amides is 2. The number of nitrogens with two attached hydrogens (primary N) is 1. The SMILES string of the molecule is NC(=O)c1cc(-c2cccc(NCS(=O)O)c2)cc2c(C3CCN(C(=O)O)CC3)[nH]nc12. The Morgan fingerprint density at radius 3 is 2.62 bits per heavy atom. The van der Waals surface area contributed by atoms with E-state index in [0.717, 1.165) is 22.2 Å². The minimum absolute atomic E-state index is 0.0825. The Hall–Kier alpha value is -3.44. The van der Waals surface area contributed by atoms with Gasteiger partial charge in [0.25, 0.3) is 5.91 Å². The number of benzene rings is 2. The average Bonchev–Trinajstić information content (AvgIpc) is 3.21. The summed E-state index contributed by atoms with van der Waals surface area (Å²) in [5.41, 5.74) is 9.50. The Kier molecular flexibility index (Phi) is 6.10. The first-order valence-corrected chi connectivity index (χ1v) is 11.3. The van der Waals surface area contributed by atoms with Crippen LogP contribution in [0.1, 0.15) is 34.8 Å². The summed E-state index contributed by atoms with van der Waals surface area (Å²) in [7, 11) is 0. The number of likely N-dealkylation sites (tertiary alicyclic amines) is 1. The van der Waals surface area contributed by atoms with Crippen molar-refractivity contribution in [3.8, 4) is 11.1 Å². The molecule has 32 heavy (non-hydrogen) atoms. The van der Waals surface area contributed by atoms with Gasteiger partial charge < -0.3 is 25.6 Å².